The molecule has 1 aliphatic rings. The summed E-state index contributed by atoms with van der Waals surface area (Å²) in [6, 6.07) is 0.449. The Labute approximate surface area is 80.4 Å². The fourth-order valence-electron chi connectivity index (χ4n) is 1.82. The molecule has 1 heterocycles. The molecule has 1 unspecified atom stereocenters. The van der Waals surface area contributed by atoms with Crippen molar-refractivity contribution in [2.24, 2.45) is 0 Å². The Balaban J connectivity index is 2.12. The van der Waals surface area contributed by atoms with Crippen molar-refractivity contribution >= 4 is 12.6 Å². The van der Waals surface area contributed by atoms with Crippen LogP contribution in [0.2, 0.25) is 0 Å². The number of rotatable bonds is 5. The first-order valence-corrected chi connectivity index (χ1v) is 5.47. The van der Waals surface area contributed by atoms with E-state index in [2.05, 4.69) is 17.5 Å². The molecule has 1 saturated heterocycles. The first kappa shape index (κ1) is 10.4. The number of hydrogen-bond acceptors (Lipinski definition) is 3. The maximum Gasteiger partial charge on any atom is 0.0586 e. The van der Waals surface area contributed by atoms with Crippen LogP contribution in [-0.2, 0) is 0 Å². The van der Waals surface area contributed by atoms with Crippen molar-refractivity contribution in [1.82, 2.24) is 4.90 Å². The zero-order chi connectivity index (χ0) is 8.81. The molecule has 3 heteroatoms. The molecule has 1 rings (SSSR count). The maximum atomic E-state index is 9.04. The quantitative estimate of drug-likeness (QED) is 0.501. The molecule has 1 N–H and O–H groups in total. The molecule has 0 aromatic heterocycles. The lowest BCUT2D eigenvalue weighted by atomic mass is 10.2. The van der Waals surface area contributed by atoms with Gasteiger partial charge in [0.25, 0.3) is 0 Å². The van der Waals surface area contributed by atoms with E-state index in [0.29, 0.717) is 12.6 Å². The SMILES string of the molecule is OCC1CCCN1CCCCS. The fourth-order valence-corrected chi connectivity index (χ4v) is 2.05. The third-order valence-corrected chi connectivity index (χ3v) is 2.88. The van der Waals surface area contributed by atoms with Crippen molar-refractivity contribution in [3.8, 4) is 0 Å². The molecule has 72 valence electrons. The van der Waals surface area contributed by atoms with Gasteiger partial charge in [0.15, 0.2) is 0 Å². The summed E-state index contributed by atoms with van der Waals surface area (Å²) >= 11 is 4.17. The molecule has 0 amide bonds. The molecule has 0 bridgehead atoms. The van der Waals surface area contributed by atoms with Gasteiger partial charge in [-0.15, -0.1) is 0 Å². The summed E-state index contributed by atoms with van der Waals surface area (Å²) in [7, 11) is 0. The minimum Gasteiger partial charge on any atom is -0.395 e. The van der Waals surface area contributed by atoms with Crippen molar-refractivity contribution in [3.05, 3.63) is 0 Å². The van der Waals surface area contributed by atoms with Crippen LogP contribution in [0.15, 0.2) is 0 Å². The van der Waals surface area contributed by atoms with E-state index in [1.807, 2.05) is 0 Å². The second-order valence-corrected chi connectivity index (χ2v) is 3.89. The zero-order valence-electron chi connectivity index (χ0n) is 7.58. The van der Waals surface area contributed by atoms with Crippen molar-refractivity contribution in [2.45, 2.75) is 31.7 Å². The molecule has 0 radical (unpaired) electrons. The lowest BCUT2D eigenvalue weighted by molar-refractivity contribution is 0.157. The number of likely N-dealkylation sites (tertiary alicyclic amines) is 1. The van der Waals surface area contributed by atoms with Crippen LogP contribution in [0.1, 0.15) is 25.7 Å². The van der Waals surface area contributed by atoms with E-state index in [4.69, 9.17) is 5.11 Å². The molecule has 0 saturated carbocycles. The molecular formula is C9H19NOS. The number of aliphatic hydroxyl groups is 1. The minimum atomic E-state index is 0.334. The lowest BCUT2D eigenvalue weighted by Crippen LogP contribution is -2.32. The Hall–Kier alpha value is 0.270. The largest absolute Gasteiger partial charge is 0.395 e. The predicted octanol–water partition coefficient (Wildman–Crippen LogP) is 1.15. The summed E-state index contributed by atoms with van der Waals surface area (Å²) in [6.07, 6.45) is 4.85. The van der Waals surface area contributed by atoms with Gasteiger partial charge in [-0.25, -0.2) is 0 Å². The van der Waals surface area contributed by atoms with Crippen LogP contribution in [-0.4, -0.2) is 41.5 Å². The van der Waals surface area contributed by atoms with E-state index in [9.17, 15) is 0 Å². The Kier molecular flexibility index (Phi) is 5.04. The van der Waals surface area contributed by atoms with Crippen LogP contribution in [0.4, 0.5) is 0 Å². The number of aliphatic hydroxyl groups excluding tert-OH is 1. The Morgan fingerprint density at radius 3 is 2.92 bits per heavy atom. The average Bonchev–Trinajstić information content (AvgIpc) is 2.52. The Bertz CT molecular complexity index is 121. The topological polar surface area (TPSA) is 23.5 Å². The van der Waals surface area contributed by atoms with Crippen molar-refractivity contribution < 1.29 is 5.11 Å². The van der Waals surface area contributed by atoms with E-state index in [-0.39, 0.29) is 0 Å². The van der Waals surface area contributed by atoms with E-state index in [0.717, 1.165) is 12.3 Å². The summed E-state index contributed by atoms with van der Waals surface area (Å²) in [6.45, 7) is 2.66. The van der Waals surface area contributed by atoms with E-state index in [1.165, 1.54) is 32.2 Å². The molecule has 1 aliphatic heterocycles. The van der Waals surface area contributed by atoms with E-state index >= 15 is 0 Å². The Morgan fingerprint density at radius 2 is 2.25 bits per heavy atom. The smallest absolute Gasteiger partial charge is 0.0586 e. The maximum absolute atomic E-state index is 9.04. The molecule has 0 aromatic carbocycles. The zero-order valence-corrected chi connectivity index (χ0v) is 8.47. The standard InChI is InChI=1S/C9H19NOS/c11-8-9-4-3-6-10(9)5-1-2-7-12/h9,11-12H,1-8H2. The van der Waals surface area contributed by atoms with Crippen molar-refractivity contribution in [2.75, 3.05) is 25.4 Å². The number of unbranched alkanes of at least 4 members (excludes halogenated alkanes) is 1. The van der Waals surface area contributed by atoms with Gasteiger partial charge in [-0.3, -0.25) is 4.90 Å². The van der Waals surface area contributed by atoms with Crippen LogP contribution >= 0.6 is 12.6 Å². The molecule has 2 nitrogen and oxygen atoms in total. The highest BCUT2D eigenvalue weighted by atomic mass is 32.1. The van der Waals surface area contributed by atoms with E-state index < -0.39 is 0 Å². The molecule has 0 aliphatic carbocycles. The summed E-state index contributed by atoms with van der Waals surface area (Å²) in [5, 5.41) is 9.04. The number of hydrogen-bond donors (Lipinski definition) is 2. The van der Waals surface area contributed by atoms with Gasteiger partial charge in [-0.05, 0) is 44.5 Å². The summed E-state index contributed by atoms with van der Waals surface area (Å²) in [4.78, 5) is 2.41. The van der Waals surface area contributed by atoms with Gasteiger partial charge in [0, 0.05) is 6.04 Å². The van der Waals surface area contributed by atoms with Crippen molar-refractivity contribution in [3.63, 3.8) is 0 Å². The van der Waals surface area contributed by atoms with Gasteiger partial charge in [-0.1, -0.05) is 0 Å². The van der Waals surface area contributed by atoms with Crippen LogP contribution in [0.25, 0.3) is 0 Å². The first-order valence-electron chi connectivity index (χ1n) is 4.84. The highest BCUT2D eigenvalue weighted by Gasteiger charge is 2.22. The van der Waals surface area contributed by atoms with E-state index in [1.54, 1.807) is 0 Å². The highest BCUT2D eigenvalue weighted by molar-refractivity contribution is 7.80. The minimum absolute atomic E-state index is 0.334. The van der Waals surface area contributed by atoms with Crippen LogP contribution in [0.5, 0.6) is 0 Å². The Morgan fingerprint density at radius 1 is 1.42 bits per heavy atom. The average molecular weight is 189 g/mol. The summed E-state index contributed by atoms with van der Waals surface area (Å²) < 4.78 is 0. The van der Waals surface area contributed by atoms with Crippen LogP contribution < -0.4 is 0 Å². The fraction of sp³-hybridized carbons (Fsp3) is 1.00. The van der Waals surface area contributed by atoms with Crippen LogP contribution in [0.3, 0.4) is 0 Å². The predicted molar refractivity (Wildman–Crippen MR) is 54.8 cm³/mol. The van der Waals surface area contributed by atoms with Crippen LogP contribution in [0, 0.1) is 0 Å². The molecule has 0 aromatic rings. The third-order valence-electron chi connectivity index (χ3n) is 2.56. The van der Waals surface area contributed by atoms with Gasteiger partial charge < -0.3 is 5.11 Å². The lowest BCUT2D eigenvalue weighted by Gasteiger charge is -2.22. The highest BCUT2D eigenvalue weighted by Crippen LogP contribution is 2.16. The van der Waals surface area contributed by atoms with Gasteiger partial charge >= 0.3 is 0 Å². The summed E-state index contributed by atoms with van der Waals surface area (Å²) in [5.74, 6) is 0.984. The normalized spacial score (nSPS) is 25.0. The molecule has 12 heavy (non-hydrogen) atoms. The molecule has 0 spiro atoms. The van der Waals surface area contributed by atoms with Gasteiger partial charge in [0.05, 0.1) is 6.61 Å². The number of thiol groups is 1. The molecular weight excluding hydrogens is 170 g/mol. The first-order chi connectivity index (χ1) is 5.88. The summed E-state index contributed by atoms with van der Waals surface area (Å²) in [5.41, 5.74) is 0. The third kappa shape index (κ3) is 2.96. The molecule has 1 atom stereocenters. The van der Waals surface area contributed by atoms with Gasteiger partial charge in [0.1, 0.15) is 0 Å². The van der Waals surface area contributed by atoms with Gasteiger partial charge in [0.2, 0.25) is 0 Å². The molecule has 1 fully saturated rings. The number of nitrogens with zero attached hydrogens (tertiary/aromatic N) is 1. The monoisotopic (exact) mass is 189 g/mol. The second kappa shape index (κ2) is 5.84. The van der Waals surface area contributed by atoms with Crippen molar-refractivity contribution in [1.29, 1.82) is 0 Å². The second-order valence-electron chi connectivity index (χ2n) is 3.45. The van der Waals surface area contributed by atoms with Gasteiger partial charge in [-0.2, -0.15) is 12.6 Å².